The van der Waals surface area contributed by atoms with E-state index in [2.05, 4.69) is 6.92 Å². The van der Waals surface area contributed by atoms with E-state index >= 15 is 0 Å². The van der Waals surface area contributed by atoms with Crippen LogP contribution in [0.5, 0.6) is 0 Å². The predicted molar refractivity (Wildman–Crippen MR) is 78.8 cm³/mol. The monoisotopic (exact) mass is 299 g/mol. The van der Waals surface area contributed by atoms with E-state index in [1.54, 1.807) is 0 Å². The number of halogens is 1. The van der Waals surface area contributed by atoms with E-state index in [-0.39, 0.29) is 18.3 Å². The number of aliphatic hydroxyl groups is 1. The lowest BCUT2D eigenvalue weighted by Gasteiger charge is -2.32. The van der Waals surface area contributed by atoms with E-state index in [0.29, 0.717) is 31.2 Å². The molecule has 1 aromatic rings. The van der Waals surface area contributed by atoms with E-state index in [0.717, 1.165) is 17.5 Å². The maximum Gasteiger partial charge on any atom is 0.184 e. The van der Waals surface area contributed by atoms with Crippen molar-refractivity contribution in [3.63, 3.8) is 0 Å². The van der Waals surface area contributed by atoms with Crippen molar-refractivity contribution in [1.82, 2.24) is 0 Å². The van der Waals surface area contributed by atoms with Gasteiger partial charge in [-0.15, -0.1) is 0 Å². The quantitative estimate of drug-likeness (QED) is 0.846. The minimum absolute atomic E-state index is 0.0485. The molecule has 2 rings (SSSR count). The number of rotatable bonds is 6. The van der Waals surface area contributed by atoms with Gasteiger partial charge in [-0.25, -0.2) is 0 Å². The Kier molecular flexibility index (Phi) is 5.41. The Balaban J connectivity index is 2.38. The molecular weight excluding hydrogens is 278 g/mol. The molecule has 0 amide bonds. The minimum atomic E-state index is -0.362. The van der Waals surface area contributed by atoms with Gasteiger partial charge in [0.25, 0.3) is 0 Å². The number of benzene rings is 1. The molecule has 0 saturated carbocycles. The first kappa shape index (κ1) is 15.7. The van der Waals surface area contributed by atoms with Gasteiger partial charge < -0.3 is 20.3 Å². The summed E-state index contributed by atoms with van der Waals surface area (Å²) in [6, 6.07) is 5.76. The smallest absolute Gasteiger partial charge is 0.184 e. The second kappa shape index (κ2) is 6.87. The molecule has 1 fully saturated rings. The highest BCUT2D eigenvalue weighted by Gasteiger charge is 2.30. The molecule has 1 heterocycles. The van der Waals surface area contributed by atoms with Crippen LogP contribution in [0.25, 0.3) is 0 Å². The maximum absolute atomic E-state index is 9.85. The van der Waals surface area contributed by atoms with Crippen LogP contribution in [0.3, 0.4) is 0 Å². The van der Waals surface area contributed by atoms with Gasteiger partial charge in [-0.1, -0.05) is 18.5 Å². The minimum Gasteiger partial charge on any atom is -0.395 e. The zero-order valence-electron chi connectivity index (χ0n) is 11.8. The van der Waals surface area contributed by atoms with Gasteiger partial charge in [0.1, 0.15) is 0 Å². The van der Waals surface area contributed by atoms with Gasteiger partial charge in [-0.3, -0.25) is 0 Å². The fourth-order valence-corrected chi connectivity index (χ4v) is 2.93. The molecule has 1 aliphatic heterocycles. The first-order valence-corrected chi connectivity index (χ1v) is 7.38. The van der Waals surface area contributed by atoms with Crippen LogP contribution in [0.1, 0.15) is 37.2 Å². The molecule has 112 valence electrons. The van der Waals surface area contributed by atoms with Crippen LogP contribution < -0.4 is 5.73 Å². The number of aliphatic hydroxyl groups excluding tert-OH is 1. The summed E-state index contributed by atoms with van der Waals surface area (Å²) in [6.07, 6.45) is 1.15. The van der Waals surface area contributed by atoms with Crippen LogP contribution in [0.15, 0.2) is 18.2 Å². The topological polar surface area (TPSA) is 64.7 Å². The third kappa shape index (κ3) is 3.15. The molecule has 1 aliphatic rings. The van der Waals surface area contributed by atoms with Gasteiger partial charge in [-0.05, 0) is 43.1 Å². The Bertz CT molecular complexity index is 443. The number of ether oxygens (including phenoxy) is 2. The zero-order chi connectivity index (χ0) is 14.6. The molecule has 20 heavy (non-hydrogen) atoms. The van der Waals surface area contributed by atoms with Gasteiger partial charge >= 0.3 is 0 Å². The fourth-order valence-electron chi connectivity index (χ4n) is 2.69. The average Bonchev–Trinajstić information content (AvgIpc) is 2.98. The van der Waals surface area contributed by atoms with Gasteiger partial charge in [0, 0.05) is 16.0 Å². The predicted octanol–water partition coefficient (Wildman–Crippen LogP) is 2.37. The van der Waals surface area contributed by atoms with Crippen LogP contribution >= 0.6 is 11.6 Å². The lowest BCUT2D eigenvalue weighted by atomic mass is 9.75. The third-order valence-electron chi connectivity index (χ3n) is 4.03. The van der Waals surface area contributed by atoms with Crippen molar-refractivity contribution in [3.05, 3.63) is 34.3 Å². The Morgan fingerprint density at radius 1 is 1.35 bits per heavy atom. The molecule has 0 aliphatic carbocycles. The van der Waals surface area contributed by atoms with E-state index in [9.17, 15) is 5.11 Å². The second-order valence-electron chi connectivity index (χ2n) is 5.18. The molecular formula is C15H22ClNO3. The molecule has 0 aromatic heterocycles. The van der Waals surface area contributed by atoms with Crippen molar-refractivity contribution in [2.45, 2.75) is 31.5 Å². The third-order valence-corrected chi connectivity index (χ3v) is 4.25. The molecule has 1 unspecified atom stereocenters. The van der Waals surface area contributed by atoms with Crippen molar-refractivity contribution < 1.29 is 14.6 Å². The van der Waals surface area contributed by atoms with Crippen molar-refractivity contribution in [1.29, 1.82) is 0 Å². The summed E-state index contributed by atoms with van der Waals surface area (Å²) in [4.78, 5) is 0. The first-order chi connectivity index (χ1) is 9.65. The summed E-state index contributed by atoms with van der Waals surface area (Å²) in [5, 5.41) is 10.5. The van der Waals surface area contributed by atoms with E-state index < -0.39 is 0 Å². The number of nitrogens with two attached hydrogens (primary N) is 1. The Morgan fingerprint density at radius 2 is 2.05 bits per heavy atom. The molecule has 5 heteroatoms. The number of hydrogen-bond donors (Lipinski definition) is 2. The SMILES string of the molecule is CCC(CO)(CCN)c1cc(Cl)cc(C2OCCO2)c1. The summed E-state index contributed by atoms with van der Waals surface area (Å²) >= 11 is 6.22. The molecule has 1 atom stereocenters. The fraction of sp³-hybridized carbons (Fsp3) is 0.600. The lowest BCUT2D eigenvalue weighted by molar-refractivity contribution is -0.0442. The standard InChI is InChI=1S/C15H22ClNO3/c1-2-15(10-18,3-4-17)12-7-11(8-13(16)9-12)14-19-5-6-20-14/h7-9,14,18H,2-6,10,17H2,1H3. The second-order valence-corrected chi connectivity index (χ2v) is 5.61. The summed E-state index contributed by atoms with van der Waals surface area (Å²) < 4.78 is 11.0. The van der Waals surface area contributed by atoms with E-state index in [1.165, 1.54) is 0 Å². The van der Waals surface area contributed by atoms with Gasteiger partial charge in [0.15, 0.2) is 6.29 Å². The van der Waals surface area contributed by atoms with Gasteiger partial charge in [-0.2, -0.15) is 0 Å². The van der Waals surface area contributed by atoms with Gasteiger partial charge in [0.2, 0.25) is 0 Å². The van der Waals surface area contributed by atoms with Crippen LogP contribution in [-0.2, 0) is 14.9 Å². The summed E-state index contributed by atoms with van der Waals surface area (Å²) in [5.41, 5.74) is 7.25. The molecule has 0 spiro atoms. The molecule has 0 radical (unpaired) electrons. The average molecular weight is 300 g/mol. The van der Waals surface area contributed by atoms with Crippen molar-refractivity contribution in [3.8, 4) is 0 Å². The Morgan fingerprint density at radius 3 is 2.60 bits per heavy atom. The molecule has 0 bridgehead atoms. The lowest BCUT2D eigenvalue weighted by Crippen LogP contribution is -2.32. The molecule has 1 saturated heterocycles. The Hall–Kier alpha value is -0.650. The van der Waals surface area contributed by atoms with Crippen molar-refractivity contribution >= 4 is 11.6 Å². The summed E-state index contributed by atoms with van der Waals surface area (Å²) in [7, 11) is 0. The Labute approximate surface area is 124 Å². The van der Waals surface area contributed by atoms with E-state index in [1.807, 2.05) is 18.2 Å². The van der Waals surface area contributed by atoms with Crippen molar-refractivity contribution in [2.24, 2.45) is 5.73 Å². The highest BCUT2D eigenvalue weighted by molar-refractivity contribution is 6.30. The highest BCUT2D eigenvalue weighted by atomic mass is 35.5. The molecule has 3 N–H and O–H groups in total. The first-order valence-electron chi connectivity index (χ1n) is 7.00. The van der Waals surface area contributed by atoms with Gasteiger partial charge in [0.05, 0.1) is 19.8 Å². The van der Waals surface area contributed by atoms with Crippen LogP contribution in [0.4, 0.5) is 0 Å². The zero-order valence-corrected chi connectivity index (χ0v) is 12.5. The van der Waals surface area contributed by atoms with Crippen LogP contribution in [0, 0.1) is 0 Å². The summed E-state index contributed by atoms with van der Waals surface area (Å²) in [5.74, 6) is 0. The largest absolute Gasteiger partial charge is 0.395 e. The molecule has 1 aromatic carbocycles. The number of hydrogen-bond acceptors (Lipinski definition) is 4. The summed E-state index contributed by atoms with van der Waals surface area (Å²) in [6.45, 7) is 3.80. The normalized spacial score (nSPS) is 19.2. The maximum atomic E-state index is 9.85. The van der Waals surface area contributed by atoms with Crippen LogP contribution in [-0.4, -0.2) is 31.5 Å². The van der Waals surface area contributed by atoms with E-state index in [4.69, 9.17) is 26.8 Å². The van der Waals surface area contributed by atoms with Crippen molar-refractivity contribution in [2.75, 3.05) is 26.4 Å². The highest BCUT2D eigenvalue weighted by Crippen LogP contribution is 2.36. The molecule has 4 nitrogen and oxygen atoms in total. The van der Waals surface area contributed by atoms with Crippen LogP contribution in [0.2, 0.25) is 5.02 Å².